The van der Waals surface area contributed by atoms with Gasteiger partial charge in [0, 0.05) is 39.7 Å². The zero-order valence-corrected chi connectivity index (χ0v) is 21.2. The summed E-state index contributed by atoms with van der Waals surface area (Å²) in [6, 6.07) is 21.6. The molecule has 38 heavy (non-hydrogen) atoms. The molecule has 4 aromatic carbocycles. The molecule has 0 saturated heterocycles. The Bertz CT molecular complexity index is 1600. The third-order valence-corrected chi connectivity index (χ3v) is 6.42. The van der Waals surface area contributed by atoms with E-state index in [0.29, 0.717) is 39.1 Å². The lowest BCUT2D eigenvalue weighted by atomic mass is 10.0. The molecule has 5 rings (SSSR count). The fraction of sp³-hybridized carbons (Fsp3) is 0.0690. The number of anilines is 1. The van der Waals surface area contributed by atoms with Gasteiger partial charge in [-0.2, -0.15) is 0 Å². The molecule has 0 aliphatic carbocycles. The maximum absolute atomic E-state index is 14.3. The van der Waals surface area contributed by atoms with Gasteiger partial charge in [-0.05, 0) is 41.5 Å². The summed E-state index contributed by atoms with van der Waals surface area (Å²) in [7, 11) is 0. The summed E-state index contributed by atoms with van der Waals surface area (Å²) in [6.45, 7) is 0.0321. The maximum Gasteiger partial charge on any atom is 0.322 e. The van der Waals surface area contributed by atoms with E-state index in [-0.39, 0.29) is 13.1 Å². The van der Waals surface area contributed by atoms with Crippen LogP contribution in [0.25, 0.3) is 22.1 Å². The zero-order chi connectivity index (χ0) is 26.8. The number of hydrogen-bond acceptors (Lipinski definition) is 2. The molecule has 0 bridgehead atoms. The summed E-state index contributed by atoms with van der Waals surface area (Å²) in [6.07, 6.45) is 0. The average molecular weight is 555 g/mol. The predicted octanol–water partition coefficient (Wildman–Crippen LogP) is 9.06. The highest BCUT2D eigenvalue weighted by atomic mass is 35.5. The van der Waals surface area contributed by atoms with Gasteiger partial charge in [0.1, 0.15) is 22.8 Å². The Balaban J connectivity index is 1.57. The lowest BCUT2D eigenvalue weighted by molar-refractivity contribution is 0.201. The Morgan fingerprint density at radius 3 is 2.16 bits per heavy atom. The van der Waals surface area contributed by atoms with Crippen molar-refractivity contribution in [1.29, 1.82) is 0 Å². The third kappa shape index (κ3) is 5.49. The normalized spacial score (nSPS) is 11.1. The number of nitrogens with zero attached hydrogens (tertiary/aromatic N) is 1. The van der Waals surface area contributed by atoms with Crippen LogP contribution in [0.15, 0.2) is 89.3 Å². The van der Waals surface area contributed by atoms with Crippen molar-refractivity contribution in [2.45, 2.75) is 13.1 Å². The number of hydrogen-bond donors (Lipinski definition) is 1. The van der Waals surface area contributed by atoms with Crippen molar-refractivity contribution in [2.75, 3.05) is 5.32 Å². The molecule has 5 aromatic rings. The highest BCUT2D eigenvalue weighted by molar-refractivity contribution is 6.31. The largest absolute Gasteiger partial charge is 0.459 e. The van der Waals surface area contributed by atoms with Crippen LogP contribution in [-0.4, -0.2) is 10.9 Å². The Morgan fingerprint density at radius 2 is 1.47 bits per heavy atom. The number of furan rings is 1. The Kier molecular flexibility index (Phi) is 7.31. The van der Waals surface area contributed by atoms with Crippen LogP contribution in [0.2, 0.25) is 10.0 Å². The van der Waals surface area contributed by atoms with E-state index < -0.39 is 29.2 Å². The van der Waals surface area contributed by atoms with Crippen molar-refractivity contribution in [3.63, 3.8) is 0 Å². The quantitative estimate of drug-likeness (QED) is 0.227. The van der Waals surface area contributed by atoms with E-state index in [1.165, 1.54) is 4.90 Å². The highest BCUT2D eigenvalue weighted by Crippen LogP contribution is 2.38. The van der Waals surface area contributed by atoms with Crippen LogP contribution in [0.4, 0.5) is 23.7 Å². The van der Waals surface area contributed by atoms with Crippen LogP contribution in [0.3, 0.4) is 0 Å². The smallest absolute Gasteiger partial charge is 0.322 e. The minimum atomic E-state index is -1.23. The standard InChI is InChI=1S/C29H19Cl2F3N2O2/c30-19-8-6-18(7-9-19)27-22-12-20(31)10-11-25(22)38-26(27)16-36(15-17-4-2-1-3-5-17)29(37)35-28-23(33)13-21(32)14-24(28)34/h1-14H,15-16H2,(H,35,37). The number of rotatable bonds is 6. The van der Waals surface area contributed by atoms with Crippen LogP contribution >= 0.6 is 23.2 Å². The van der Waals surface area contributed by atoms with E-state index in [2.05, 4.69) is 5.32 Å². The second kappa shape index (κ2) is 10.8. The number of carbonyl (C=O) groups excluding carboxylic acids is 1. The lowest BCUT2D eigenvalue weighted by Gasteiger charge is -2.23. The molecule has 1 aromatic heterocycles. The fourth-order valence-corrected chi connectivity index (χ4v) is 4.49. The van der Waals surface area contributed by atoms with Crippen molar-refractivity contribution in [2.24, 2.45) is 0 Å². The van der Waals surface area contributed by atoms with Gasteiger partial charge in [0.2, 0.25) is 0 Å². The first kappa shape index (κ1) is 25.7. The van der Waals surface area contributed by atoms with E-state index in [0.717, 1.165) is 16.5 Å². The van der Waals surface area contributed by atoms with Crippen molar-refractivity contribution in [3.05, 3.63) is 124 Å². The molecule has 1 heterocycles. The molecule has 192 valence electrons. The van der Waals surface area contributed by atoms with Gasteiger partial charge in [0.15, 0.2) is 11.6 Å². The molecule has 0 spiro atoms. The molecule has 2 amide bonds. The SMILES string of the molecule is O=C(Nc1c(F)cc(F)cc1F)N(Cc1ccccc1)Cc1oc2ccc(Cl)cc2c1-c1ccc(Cl)cc1. The number of fused-ring (bicyclic) bond motifs is 1. The highest BCUT2D eigenvalue weighted by Gasteiger charge is 2.24. The van der Waals surface area contributed by atoms with Gasteiger partial charge < -0.3 is 14.6 Å². The van der Waals surface area contributed by atoms with Gasteiger partial charge >= 0.3 is 6.03 Å². The first-order chi connectivity index (χ1) is 18.3. The average Bonchev–Trinajstić information content (AvgIpc) is 3.23. The number of urea groups is 1. The van der Waals surface area contributed by atoms with Crippen LogP contribution < -0.4 is 5.32 Å². The molecule has 0 saturated carbocycles. The van der Waals surface area contributed by atoms with Gasteiger partial charge in [-0.1, -0.05) is 65.7 Å². The van der Waals surface area contributed by atoms with Gasteiger partial charge in [-0.3, -0.25) is 0 Å². The molecule has 1 N–H and O–H groups in total. The lowest BCUT2D eigenvalue weighted by Crippen LogP contribution is -2.34. The summed E-state index contributed by atoms with van der Waals surface area (Å²) in [4.78, 5) is 14.7. The van der Waals surface area contributed by atoms with E-state index >= 15 is 0 Å². The zero-order valence-electron chi connectivity index (χ0n) is 19.7. The van der Waals surface area contributed by atoms with Gasteiger partial charge in [-0.15, -0.1) is 0 Å². The monoisotopic (exact) mass is 554 g/mol. The summed E-state index contributed by atoms with van der Waals surface area (Å²) in [5.74, 6) is -3.12. The minimum Gasteiger partial charge on any atom is -0.459 e. The van der Waals surface area contributed by atoms with E-state index in [9.17, 15) is 18.0 Å². The van der Waals surface area contributed by atoms with Crippen molar-refractivity contribution in [1.82, 2.24) is 4.90 Å². The third-order valence-electron chi connectivity index (χ3n) is 5.93. The van der Waals surface area contributed by atoms with Gasteiger partial charge in [-0.25, -0.2) is 18.0 Å². The van der Waals surface area contributed by atoms with Gasteiger partial charge in [0.25, 0.3) is 0 Å². The molecule has 0 atom stereocenters. The molecule has 9 heteroatoms. The number of carbonyl (C=O) groups is 1. The van der Waals surface area contributed by atoms with E-state index in [1.54, 1.807) is 30.3 Å². The number of benzene rings is 4. The summed E-state index contributed by atoms with van der Waals surface area (Å²) in [5.41, 5.74) is 2.05. The molecule has 0 aliphatic heterocycles. The summed E-state index contributed by atoms with van der Waals surface area (Å²) >= 11 is 12.4. The van der Waals surface area contributed by atoms with Crippen LogP contribution in [0, 0.1) is 17.5 Å². The van der Waals surface area contributed by atoms with Crippen LogP contribution in [0.1, 0.15) is 11.3 Å². The number of nitrogens with one attached hydrogen (secondary N) is 1. The second-order valence-electron chi connectivity index (χ2n) is 8.56. The molecular weight excluding hydrogens is 536 g/mol. The van der Waals surface area contributed by atoms with E-state index in [1.807, 2.05) is 42.5 Å². The molecule has 0 aliphatic rings. The first-order valence-electron chi connectivity index (χ1n) is 11.5. The number of amides is 2. The predicted molar refractivity (Wildman–Crippen MR) is 143 cm³/mol. The Labute approximate surface area is 226 Å². The number of halogens is 5. The fourth-order valence-electron chi connectivity index (χ4n) is 4.19. The second-order valence-corrected chi connectivity index (χ2v) is 9.44. The summed E-state index contributed by atoms with van der Waals surface area (Å²) in [5, 5.41) is 4.02. The van der Waals surface area contributed by atoms with Crippen LogP contribution in [0.5, 0.6) is 0 Å². The maximum atomic E-state index is 14.3. The van der Waals surface area contributed by atoms with Crippen molar-refractivity contribution in [3.8, 4) is 11.1 Å². The Morgan fingerprint density at radius 1 is 0.816 bits per heavy atom. The molecular formula is C29H19Cl2F3N2O2. The topological polar surface area (TPSA) is 45.5 Å². The van der Waals surface area contributed by atoms with Crippen molar-refractivity contribution < 1.29 is 22.4 Å². The Hall–Kier alpha value is -3.94. The van der Waals surface area contributed by atoms with Crippen molar-refractivity contribution >= 4 is 45.9 Å². The molecule has 4 nitrogen and oxygen atoms in total. The molecule has 0 fully saturated rings. The minimum absolute atomic E-state index is 0.0601. The molecule has 0 unspecified atom stereocenters. The van der Waals surface area contributed by atoms with Crippen LogP contribution in [-0.2, 0) is 13.1 Å². The van der Waals surface area contributed by atoms with E-state index in [4.69, 9.17) is 27.6 Å². The van der Waals surface area contributed by atoms with Gasteiger partial charge in [0.05, 0.1) is 6.54 Å². The summed E-state index contributed by atoms with van der Waals surface area (Å²) < 4.78 is 48.2. The first-order valence-corrected chi connectivity index (χ1v) is 12.3. The molecule has 0 radical (unpaired) electrons.